The third-order valence-corrected chi connectivity index (χ3v) is 5.81. The number of ether oxygens (including phenoxy) is 2. The van der Waals surface area contributed by atoms with Gasteiger partial charge in [0.2, 0.25) is 0 Å². The molecular formula is C24H30FN3O4. The first-order chi connectivity index (χ1) is 15.4. The average molecular weight is 444 g/mol. The molecule has 0 unspecified atom stereocenters. The summed E-state index contributed by atoms with van der Waals surface area (Å²) in [5.74, 6) is 1.03. The van der Waals surface area contributed by atoms with E-state index in [-0.39, 0.29) is 17.8 Å². The van der Waals surface area contributed by atoms with E-state index in [1.807, 2.05) is 0 Å². The number of carbonyl (C=O) groups excluding carboxylic acids is 2. The van der Waals surface area contributed by atoms with Gasteiger partial charge in [0.15, 0.2) is 11.5 Å². The predicted octanol–water partition coefficient (Wildman–Crippen LogP) is 4.22. The molecular weight excluding hydrogens is 413 g/mol. The van der Waals surface area contributed by atoms with Crippen molar-refractivity contribution in [2.75, 3.05) is 39.2 Å². The highest BCUT2D eigenvalue weighted by Gasteiger charge is 2.23. The Morgan fingerprint density at radius 2 is 1.78 bits per heavy atom. The third-order valence-electron chi connectivity index (χ3n) is 5.81. The highest BCUT2D eigenvalue weighted by molar-refractivity contribution is 5.94. The van der Waals surface area contributed by atoms with Gasteiger partial charge in [0.1, 0.15) is 5.82 Å². The molecule has 0 atom stereocenters. The van der Waals surface area contributed by atoms with Crippen LogP contribution in [0.15, 0.2) is 36.4 Å². The van der Waals surface area contributed by atoms with Crippen LogP contribution in [0, 0.1) is 18.7 Å². The van der Waals surface area contributed by atoms with E-state index in [1.165, 1.54) is 13.2 Å². The van der Waals surface area contributed by atoms with Crippen LogP contribution < -0.4 is 20.1 Å². The van der Waals surface area contributed by atoms with Gasteiger partial charge in [-0.1, -0.05) is 6.07 Å². The van der Waals surface area contributed by atoms with Gasteiger partial charge in [-0.3, -0.25) is 4.79 Å². The van der Waals surface area contributed by atoms with Crippen molar-refractivity contribution in [3.8, 4) is 11.5 Å². The van der Waals surface area contributed by atoms with Crippen molar-refractivity contribution in [1.29, 1.82) is 0 Å². The van der Waals surface area contributed by atoms with E-state index in [4.69, 9.17) is 9.47 Å². The molecule has 1 saturated heterocycles. The number of hydrogen-bond acceptors (Lipinski definition) is 4. The summed E-state index contributed by atoms with van der Waals surface area (Å²) in [6.45, 7) is 3.51. The molecule has 8 heteroatoms. The van der Waals surface area contributed by atoms with Crippen molar-refractivity contribution in [3.63, 3.8) is 0 Å². The van der Waals surface area contributed by atoms with Gasteiger partial charge >= 0.3 is 6.03 Å². The highest BCUT2D eigenvalue weighted by atomic mass is 19.1. The number of likely N-dealkylation sites (tertiary alicyclic amines) is 1. The van der Waals surface area contributed by atoms with Crippen molar-refractivity contribution >= 4 is 17.6 Å². The van der Waals surface area contributed by atoms with Gasteiger partial charge < -0.3 is 25.0 Å². The Balaban J connectivity index is 1.41. The maximum Gasteiger partial charge on any atom is 0.321 e. The van der Waals surface area contributed by atoms with Crippen molar-refractivity contribution in [2.45, 2.75) is 26.2 Å². The third kappa shape index (κ3) is 5.90. The van der Waals surface area contributed by atoms with Crippen LogP contribution in [0.2, 0.25) is 0 Å². The minimum atomic E-state index is -0.336. The zero-order valence-electron chi connectivity index (χ0n) is 18.7. The second-order valence-electron chi connectivity index (χ2n) is 7.94. The molecule has 7 nitrogen and oxygen atoms in total. The van der Waals surface area contributed by atoms with Crippen molar-refractivity contribution < 1.29 is 23.5 Å². The van der Waals surface area contributed by atoms with Gasteiger partial charge in [0.25, 0.3) is 5.91 Å². The van der Waals surface area contributed by atoms with Crippen molar-refractivity contribution in [2.24, 2.45) is 5.92 Å². The number of urea groups is 1. The Labute approximate surface area is 187 Å². The number of nitrogens with zero attached hydrogens (tertiary/aromatic N) is 1. The number of anilines is 1. The molecule has 0 saturated carbocycles. The molecule has 0 radical (unpaired) electrons. The molecule has 0 aromatic heterocycles. The van der Waals surface area contributed by atoms with Crippen molar-refractivity contribution in [3.05, 3.63) is 53.3 Å². The number of aryl methyl sites for hydroxylation is 1. The number of nitrogens with one attached hydrogen (secondary N) is 2. The van der Waals surface area contributed by atoms with Crippen LogP contribution in [-0.4, -0.2) is 50.7 Å². The van der Waals surface area contributed by atoms with Gasteiger partial charge in [-0.05, 0) is 68.0 Å². The van der Waals surface area contributed by atoms with E-state index in [1.54, 1.807) is 49.3 Å². The van der Waals surface area contributed by atoms with Crippen LogP contribution in [0.1, 0.15) is 35.2 Å². The Kier molecular flexibility index (Phi) is 7.92. The topological polar surface area (TPSA) is 79.9 Å². The molecule has 32 heavy (non-hydrogen) atoms. The molecule has 1 heterocycles. The normalized spacial score (nSPS) is 14.1. The SMILES string of the molecule is COc1ccc(C(=O)NCCC2CCN(C(=O)Nc3ccc(C)c(F)c3)CC2)cc1OC. The summed E-state index contributed by atoms with van der Waals surface area (Å²) in [6.07, 6.45) is 2.57. The van der Waals surface area contributed by atoms with Crippen LogP contribution in [0.25, 0.3) is 0 Å². The van der Waals surface area contributed by atoms with Crippen LogP contribution in [0.4, 0.5) is 14.9 Å². The highest BCUT2D eigenvalue weighted by Crippen LogP contribution is 2.27. The minimum absolute atomic E-state index is 0.159. The summed E-state index contributed by atoms with van der Waals surface area (Å²) in [6, 6.07) is 9.53. The summed E-state index contributed by atoms with van der Waals surface area (Å²) in [7, 11) is 3.08. The fraction of sp³-hybridized carbons (Fsp3) is 0.417. The molecule has 1 aliphatic rings. The molecule has 172 valence electrons. The maximum absolute atomic E-state index is 13.7. The van der Waals surface area contributed by atoms with Gasteiger partial charge in [0.05, 0.1) is 14.2 Å². The van der Waals surface area contributed by atoms with E-state index in [0.717, 1.165) is 19.3 Å². The molecule has 2 N–H and O–H groups in total. The predicted molar refractivity (Wildman–Crippen MR) is 121 cm³/mol. The fourth-order valence-corrected chi connectivity index (χ4v) is 3.77. The number of benzene rings is 2. The van der Waals surface area contributed by atoms with Crippen LogP contribution in [0.5, 0.6) is 11.5 Å². The standard InChI is InChI=1S/C24H30FN3O4/c1-16-4-6-19(15-20(16)25)27-24(30)28-12-9-17(10-13-28)8-11-26-23(29)18-5-7-21(31-2)22(14-18)32-3/h4-7,14-15,17H,8-13H2,1-3H3,(H,26,29)(H,27,30). The summed E-state index contributed by atoms with van der Waals surface area (Å²) < 4.78 is 24.1. The molecule has 3 amide bonds. The van der Waals surface area contributed by atoms with E-state index >= 15 is 0 Å². The summed E-state index contributed by atoms with van der Waals surface area (Å²) in [4.78, 5) is 26.6. The molecule has 1 aliphatic heterocycles. The molecule has 0 bridgehead atoms. The van der Waals surface area contributed by atoms with Crippen LogP contribution in [0.3, 0.4) is 0 Å². The summed E-state index contributed by atoms with van der Waals surface area (Å²) in [5.41, 5.74) is 1.52. The largest absolute Gasteiger partial charge is 0.493 e. The lowest BCUT2D eigenvalue weighted by Crippen LogP contribution is -2.41. The smallest absolute Gasteiger partial charge is 0.321 e. The van der Waals surface area contributed by atoms with Gasteiger partial charge in [0, 0.05) is 30.9 Å². The van der Waals surface area contributed by atoms with Gasteiger partial charge in [-0.25, -0.2) is 9.18 Å². The zero-order valence-corrected chi connectivity index (χ0v) is 18.7. The molecule has 2 aromatic carbocycles. The number of hydrogen-bond donors (Lipinski definition) is 2. The maximum atomic E-state index is 13.7. The quantitative estimate of drug-likeness (QED) is 0.672. The fourth-order valence-electron chi connectivity index (χ4n) is 3.77. The molecule has 2 aromatic rings. The zero-order chi connectivity index (χ0) is 23.1. The van der Waals surface area contributed by atoms with E-state index in [2.05, 4.69) is 10.6 Å². The Morgan fingerprint density at radius 3 is 2.44 bits per heavy atom. The van der Waals surface area contributed by atoms with Gasteiger partial charge in [-0.2, -0.15) is 0 Å². The van der Waals surface area contributed by atoms with E-state index < -0.39 is 0 Å². The Hall–Kier alpha value is -3.29. The van der Waals surface area contributed by atoms with Crippen LogP contribution >= 0.6 is 0 Å². The lowest BCUT2D eigenvalue weighted by molar-refractivity contribution is 0.0949. The first-order valence-electron chi connectivity index (χ1n) is 10.7. The second-order valence-corrected chi connectivity index (χ2v) is 7.94. The Bertz CT molecular complexity index is 958. The van der Waals surface area contributed by atoms with E-state index in [0.29, 0.717) is 53.9 Å². The lowest BCUT2D eigenvalue weighted by Gasteiger charge is -2.32. The number of carbonyl (C=O) groups is 2. The van der Waals surface area contributed by atoms with Gasteiger partial charge in [-0.15, -0.1) is 0 Å². The number of rotatable bonds is 7. The first-order valence-corrected chi connectivity index (χ1v) is 10.7. The minimum Gasteiger partial charge on any atom is -0.493 e. The van der Waals surface area contributed by atoms with Crippen LogP contribution in [-0.2, 0) is 0 Å². The molecule has 3 rings (SSSR count). The Morgan fingerprint density at radius 1 is 1.06 bits per heavy atom. The molecule has 0 aliphatic carbocycles. The first kappa shape index (κ1) is 23.4. The summed E-state index contributed by atoms with van der Waals surface area (Å²) in [5, 5.41) is 5.71. The van der Waals surface area contributed by atoms with E-state index in [9.17, 15) is 14.0 Å². The number of amides is 3. The average Bonchev–Trinajstić information content (AvgIpc) is 2.81. The number of halogens is 1. The molecule has 1 fully saturated rings. The monoisotopic (exact) mass is 443 g/mol. The second kappa shape index (κ2) is 10.8. The number of methoxy groups -OCH3 is 2. The number of piperidine rings is 1. The molecule has 0 spiro atoms. The van der Waals surface area contributed by atoms with Crippen molar-refractivity contribution in [1.82, 2.24) is 10.2 Å². The lowest BCUT2D eigenvalue weighted by atomic mass is 9.93. The summed E-state index contributed by atoms with van der Waals surface area (Å²) >= 11 is 0.